The van der Waals surface area contributed by atoms with Crippen molar-refractivity contribution < 1.29 is 14.0 Å². The third-order valence-electron chi connectivity index (χ3n) is 9.02. The van der Waals surface area contributed by atoms with Gasteiger partial charge in [-0.05, 0) is 106 Å². The second kappa shape index (κ2) is 11.2. The largest absolute Gasteiger partial charge is 0.341 e. The summed E-state index contributed by atoms with van der Waals surface area (Å²) in [5.41, 5.74) is 7.00. The summed E-state index contributed by atoms with van der Waals surface area (Å²) < 4.78 is 16.6. The number of aromatic amines is 1. The Hall–Kier alpha value is -4.53. The number of hydrogen-bond acceptors (Lipinski definition) is 4. The highest BCUT2D eigenvalue weighted by atomic mass is 19.1. The molecule has 228 valence electrons. The SMILES string of the molecule is Cc1n[nH]c(C)c1-c1ccc(NC(=O)C(NC(=O)C2(F)CC2)[C@@H]2CCc3ccc(-c4cc(C)c(=O)n(C(C)C)c4)cc32)cc1. The van der Waals surface area contributed by atoms with Crippen molar-refractivity contribution in [2.45, 2.75) is 84.0 Å². The average molecular weight is 596 g/mol. The van der Waals surface area contributed by atoms with Crippen LogP contribution in [0.3, 0.4) is 0 Å². The van der Waals surface area contributed by atoms with Crippen LogP contribution < -0.4 is 16.2 Å². The quantitative estimate of drug-likeness (QED) is 0.230. The number of pyridine rings is 1. The Labute approximate surface area is 256 Å². The molecule has 0 saturated heterocycles. The second-order valence-electron chi connectivity index (χ2n) is 12.6. The number of carbonyl (C=O) groups is 2. The van der Waals surface area contributed by atoms with Crippen LogP contribution in [0.25, 0.3) is 22.3 Å². The Morgan fingerprint density at radius 1 is 1.02 bits per heavy atom. The molecule has 8 nitrogen and oxygen atoms in total. The van der Waals surface area contributed by atoms with E-state index in [4.69, 9.17) is 0 Å². The molecule has 2 aliphatic carbocycles. The van der Waals surface area contributed by atoms with Gasteiger partial charge in [0.1, 0.15) is 6.04 Å². The van der Waals surface area contributed by atoms with Crippen LogP contribution in [-0.4, -0.2) is 38.3 Å². The van der Waals surface area contributed by atoms with Crippen LogP contribution in [0, 0.1) is 20.8 Å². The van der Waals surface area contributed by atoms with Gasteiger partial charge in [0.05, 0.1) is 5.69 Å². The number of hydrogen-bond donors (Lipinski definition) is 3. The van der Waals surface area contributed by atoms with Gasteiger partial charge in [-0.2, -0.15) is 5.10 Å². The van der Waals surface area contributed by atoms with Crippen LogP contribution in [-0.2, 0) is 16.0 Å². The van der Waals surface area contributed by atoms with E-state index in [0.29, 0.717) is 17.7 Å². The molecule has 0 aliphatic heterocycles. The zero-order chi connectivity index (χ0) is 31.3. The first-order valence-electron chi connectivity index (χ1n) is 15.2. The van der Waals surface area contributed by atoms with Crippen LogP contribution in [0.5, 0.6) is 0 Å². The fraction of sp³-hybridized carbons (Fsp3) is 0.371. The Kier molecular flexibility index (Phi) is 7.51. The number of aryl methyl sites for hydroxylation is 4. The minimum absolute atomic E-state index is 0.00357. The third-order valence-corrected chi connectivity index (χ3v) is 9.02. The summed E-state index contributed by atoms with van der Waals surface area (Å²) in [7, 11) is 0. The maximum Gasteiger partial charge on any atom is 0.258 e. The van der Waals surface area contributed by atoms with Crippen molar-refractivity contribution >= 4 is 17.5 Å². The number of fused-ring (bicyclic) bond motifs is 1. The fourth-order valence-corrected chi connectivity index (χ4v) is 6.32. The Bertz CT molecular complexity index is 1800. The lowest BCUT2D eigenvalue weighted by Gasteiger charge is -2.26. The molecule has 2 aromatic heterocycles. The summed E-state index contributed by atoms with van der Waals surface area (Å²) >= 11 is 0. The molecular weight excluding hydrogens is 557 g/mol. The van der Waals surface area contributed by atoms with Gasteiger partial charge in [-0.3, -0.25) is 19.5 Å². The van der Waals surface area contributed by atoms with Gasteiger partial charge in [0, 0.05) is 40.7 Å². The molecule has 44 heavy (non-hydrogen) atoms. The Morgan fingerprint density at radius 3 is 2.36 bits per heavy atom. The molecular formula is C35H38FN5O3. The molecule has 2 aliphatic rings. The van der Waals surface area contributed by atoms with Crippen LogP contribution in [0.1, 0.15) is 73.1 Å². The van der Waals surface area contributed by atoms with E-state index < -0.39 is 23.5 Å². The van der Waals surface area contributed by atoms with Gasteiger partial charge in [0.2, 0.25) is 5.91 Å². The van der Waals surface area contributed by atoms with E-state index in [2.05, 4.69) is 33.0 Å². The van der Waals surface area contributed by atoms with E-state index >= 15 is 0 Å². The molecule has 1 saturated carbocycles. The number of amides is 2. The van der Waals surface area contributed by atoms with Gasteiger partial charge >= 0.3 is 0 Å². The number of alkyl halides is 1. The van der Waals surface area contributed by atoms with Crippen LogP contribution in [0.15, 0.2) is 59.5 Å². The highest BCUT2D eigenvalue weighted by Crippen LogP contribution is 2.42. The lowest BCUT2D eigenvalue weighted by Crippen LogP contribution is -2.50. The van der Waals surface area contributed by atoms with Crippen molar-refractivity contribution in [3.8, 4) is 22.3 Å². The number of rotatable bonds is 8. The molecule has 0 spiro atoms. The van der Waals surface area contributed by atoms with Crippen molar-refractivity contribution in [3.05, 3.63) is 93.2 Å². The fourth-order valence-electron chi connectivity index (χ4n) is 6.32. The topological polar surface area (TPSA) is 109 Å². The number of H-pyrrole nitrogens is 1. The predicted octanol–water partition coefficient (Wildman–Crippen LogP) is 6.07. The summed E-state index contributed by atoms with van der Waals surface area (Å²) in [5, 5.41) is 13.0. The monoisotopic (exact) mass is 595 g/mol. The number of halogens is 1. The molecule has 4 aromatic rings. The standard InChI is InChI=1S/C35H38FN5O3/c1-19(2)41-18-26(16-20(3)33(41)43)25-7-6-23-10-13-28(29(23)17-25)31(38-34(44)35(36)14-15-35)32(42)37-27-11-8-24(9-12-27)30-21(4)39-40-22(30)5/h6-9,11-12,16-19,28,31H,10,13-15H2,1-5H3,(H,37,42)(H,38,44)(H,39,40)/t28-,31?/m1/s1. The minimum atomic E-state index is -1.91. The smallest absolute Gasteiger partial charge is 0.258 e. The first-order chi connectivity index (χ1) is 20.9. The van der Waals surface area contributed by atoms with Gasteiger partial charge < -0.3 is 15.2 Å². The summed E-state index contributed by atoms with van der Waals surface area (Å²) in [5.74, 6) is -1.47. The lowest BCUT2D eigenvalue weighted by molar-refractivity contribution is -0.131. The highest BCUT2D eigenvalue weighted by Gasteiger charge is 2.52. The molecule has 0 bridgehead atoms. The summed E-state index contributed by atoms with van der Waals surface area (Å²) in [6, 6.07) is 14.5. The van der Waals surface area contributed by atoms with E-state index in [9.17, 15) is 18.8 Å². The molecule has 3 N–H and O–H groups in total. The first-order valence-corrected chi connectivity index (χ1v) is 15.2. The zero-order valence-electron chi connectivity index (χ0n) is 25.8. The molecule has 2 atom stereocenters. The zero-order valence-corrected chi connectivity index (χ0v) is 25.8. The van der Waals surface area contributed by atoms with Crippen LogP contribution in [0.4, 0.5) is 10.1 Å². The van der Waals surface area contributed by atoms with Gasteiger partial charge in [-0.1, -0.05) is 30.3 Å². The second-order valence-corrected chi connectivity index (χ2v) is 12.6. The van der Waals surface area contributed by atoms with Crippen molar-refractivity contribution in [1.82, 2.24) is 20.1 Å². The number of nitrogens with one attached hydrogen (secondary N) is 3. The third kappa shape index (κ3) is 5.47. The van der Waals surface area contributed by atoms with Gasteiger partial charge in [-0.25, -0.2) is 4.39 Å². The summed E-state index contributed by atoms with van der Waals surface area (Å²) in [6.45, 7) is 9.65. The van der Waals surface area contributed by atoms with Crippen LogP contribution >= 0.6 is 0 Å². The van der Waals surface area contributed by atoms with E-state index in [0.717, 1.165) is 51.2 Å². The number of carbonyl (C=O) groups excluding carboxylic acids is 2. The molecule has 2 aromatic carbocycles. The van der Waals surface area contributed by atoms with Gasteiger partial charge in [0.25, 0.3) is 11.5 Å². The van der Waals surface area contributed by atoms with Crippen molar-refractivity contribution in [3.63, 3.8) is 0 Å². The first kappa shape index (κ1) is 29.5. The molecule has 1 fully saturated rings. The predicted molar refractivity (Wildman–Crippen MR) is 169 cm³/mol. The normalized spacial score (nSPS) is 17.3. The van der Waals surface area contributed by atoms with Gasteiger partial charge in [-0.15, -0.1) is 0 Å². The number of benzene rings is 2. The van der Waals surface area contributed by atoms with E-state index in [-0.39, 0.29) is 30.4 Å². The Morgan fingerprint density at radius 2 is 1.73 bits per heavy atom. The number of nitrogens with zero attached hydrogens (tertiary/aromatic N) is 2. The molecule has 2 amide bonds. The number of aromatic nitrogens is 3. The number of anilines is 1. The molecule has 0 radical (unpaired) electrons. The average Bonchev–Trinajstić information content (AvgIpc) is 3.48. The molecule has 6 rings (SSSR count). The Balaban J connectivity index is 1.31. The van der Waals surface area contributed by atoms with Gasteiger partial charge in [0.15, 0.2) is 5.67 Å². The van der Waals surface area contributed by atoms with E-state index in [1.165, 1.54) is 0 Å². The molecule has 1 unspecified atom stereocenters. The van der Waals surface area contributed by atoms with Crippen LogP contribution in [0.2, 0.25) is 0 Å². The maximum absolute atomic E-state index is 14.9. The van der Waals surface area contributed by atoms with E-state index in [1.54, 1.807) is 4.57 Å². The highest BCUT2D eigenvalue weighted by molar-refractivity contribution is 6.00. The molecule has 9 heteroatoms. The summed E-state index contributed by atoms with van der Waals surface area (Å²) in [6.07, 6.45) is 3.58. The lowest BCUT2D eigenvalue weighted by atomic mass is 9.90. The molecule has 2 heterocycles. The van der Waals surface area contributed by atoms with Crippen molar-refractivity contribution in [1.29, 1.82) is 0 Å². The van der Waals surface area contributed by atoms with Crippen molar-refractivity contribution in [2.24, 2.45) is 0 Å². The minimum Gasteiger partial charge on any atom is -0.341 e. The van der Waals surface area contributed by atoms with Crippen molar-refractivity contribution in [2.75, 3.05) is 5.32 Å². The summed E-state index contributed by atoms with van der Waals surface area (Å²) in [4.78, 5) is 39.5. The van der Waals surface area contributed by atoms with E-state index in [1.807, 2.05) is 77.2 Å². The maximum atomic E-state index is 14.9.